The molecule has 2 fully saturated rings. The summed E-state index contributed by atoms with van der Waals surface area (Å²) in [6.07, 6.45) is 2.44. The topological polar surface area (TPSA) is 61.0 Å². The molecule has 1 aromatic heterocycles. The Kier molecular flexibility index (Phi) is 2.73. The Bertz CT molecular complexity index is 636. The minimum atomic E-state index is 0.0543. The normalized spacial score (nSPS) is 25.9. The molecule has 2 saturated heterocycles. The van der Waals surface area contributed by atoms with E-state index in [4.69, 9.17) is 0 Å². The number of piperidine rings is 1. The Morgan fingerprint density at radius 3 is 3.10 bits per heavy atom. The molecule has 1 aromatic carbocycles. The number of benzene rings is 1. The first-order chi connectivity index (χ1) is 9.83. The molecule has 0 saturated carbocycles. The zero-order valence-corrected chi connectivity index (χ0v) is 11.3. The van der Waals surface area contributed by atoms with Gasteiger partial charge in [-0.05, 0) is 31.4 Å². The number of aromatic amines is 1. The molecule has 0 spiro atoms. The van der Waals surface area contributed by atoms with Gasteiger partial charge in [0.2, 0.25) is 0 Å². The molecule has 5 nitrogen and oxygen atoms in total. The largest absolute Gasteiger partial charge is 0.335 e. The lowest BCUT2D eigenvalue weighted by Crippen LogP contribution is -2.41. The first-order valence-corrected chi connectivity index (χ1v) is 7.29. The molecule has 20 heavy (non-hydrogen) atoms. The van der Waals surface area contributed by atoms with Crippen LogP contribution in [0.3, 0.4) is 0 Å². The van der Waals surface area contributed by atoms with E-state index in [0.29, 0.717) is 17.7 Å². The van der Waals surface area contributed by atoms with E-state index in [0.717, 1.165) is 30.5 Å². The average molecular weight is 270 g/mol. The highest BCUT2D eigenvalue weighted by Crippen LogP contribution is 2.27. The van der Waals surface area contributed by atoms with Gasteiger partial charge < -0.3 is 10.2 Å². The van der Waals surface area contributed by atoms with Crippen LogP contribution in [-0.4, -0.2) is 46.7 Å². The minimum absolute atomic E-state index is 0.0543. The fourth-order valence-electron chi connectivity index (χ4n) is 3.49. The van der Waals surface area contributed by atoms with Gasteiger partial charge in [0.1, 0.15) is 0 Å². The molecule has 2 aliphatic rings. The number of carbonyl (C=O) groups is 1. The van der Waals surface area contributed by atoms with Gasteiger partial charge in [0, 0.05) is 24.5 Å². The van der Waals surface area contributed by atoms with Crippen molar-refractivity contribution in [2.75, 3.05) is 19.6 Å². The van der Waals surface area contributed by atoms with E-state index < -0.39 is 0 Å². The molecule has 104 valence electrons. The smallest absolute Gasteiger partial charge is 0.275 e. The molecule has 1 amide bonds. The number of hydrogen-bond donors (Lipinski definition) is 2. The lowest BCUT2D eigenvalue weighted by molar-refractivity contribution is 0.0781. The molecule has 2 aliphatic heterocycles. The van der Waals surface area contributed by atoms with Crippen LogP contribution in [0.15, 0.2) is 24.3 Å². The van der Waals surface area contributed by atoms with Crippen molar-refractivity contribution in [3.63, 3.8) is 0 Å². The lowest BCUT2D eigenvalue weighted by Gasteiger charge is -2.24. The fourth-order valence-corrected chi connectivity index (χ4v) is 3.49. The molecule has 4 rings (SSSR count). The van der Waals surface area contributed by atoms with Crippen LogP contribution in [0.25, 0.3) is 10.9 Å². The second-order valence-corrected chi connectivity index (χ2v) is 5.79. The maximum absolute atomic E-state index is 12.7. The number of H-pyrrole nitrogens is 1. The highest BCUT2D eigenvalue weighted by molar-refractivity contribution is 6.04. The van der Waals surface area contributed by atoms with Crippen molar-refractivity contribution in [2.45, 2.75) is 18.9 Å². The number of hydrogen-bond acceptors (Lipinski definition) is 3. The maximum atomic E-state index is 12.7. The Morgan fingerprint density at radius 1 is 1.30 bits per heavy atom. The summed E-state index contributed by atoms with van der Waals surface area (Å²) < 4.78 is 0. The maximum Gasteiger partial charge on any atom is 0.275 e. The van der Waals surface area contributed by atoms with E-state index in [1.807, 2.05) is 29.2 Å². The summed E-state index contributed by atoms with van der Waals surface area (Å²) in [6, 6.07) is 8.26. The molecule has 0 aliphatic carbocycles. The molecule has 2 N–H and O–H groups in total. The molecule has 0 radical (unpaired) electrons. The van der Waals surface area contributed by atoms with Crippen LogP contribution in [0.5, 0.6) is 0 Å². The molecule has 5 heteroatoms. The van der Waals surface area contributed by atoms with Crippen LogP contribution < -0.4 is 5.32 Å². The first-order valence-electron chi connectivity index (χ1n) is 7.29. The third-order valence-corrected chi connectivity index (χ3v) is 4.56. The second kappa shape index (κ2) is 4.59. The van der Waals surface area contributed by atoms with Crippen LogP contribution in [0.2, 0.25) is 0 Å². The van der Waals surface area contributed by atoms with Gasteiger partial charge in [0.25, 0.3) is 5.91 Å². The summed E-state index contributed by atoms with van der Waals surface area (Å²) in [5.74, 6) is 0.663. The number of nitrogens with zero attached hydrogens (tertiary/aromatic N) is 2. The van der Waals surface area contributed by atoms with Crippen LogP contribution in [-0.2, 0) is 0 Å². The average Bonchev–Trinajstić information content (AvgIpc) is 3.10. The molecule has 2 atom stereocenters. The zero-order valence-electron chi connectivity index (χ0n) is 11.3. The Morgan fingerprint density at radius 2 is 2.20 bits per heavy atom. The van der Waals surface area contributed by atoms with Crippen LogP contribution in [0.1, 0.15) is 23.3 Å². The van der Waals surface area contributed by atoms with E-state index in [2.05, 4.69) is 15.5 Å². The molecule has 2 unspecified atom stereocenters. The highest BCUT2D eigenvalue weighted by Gasteiger charge is 2.37. The van der Waals surface area contributed by atoms with E-state index >= 15 is 0 Å². The van der Waals surface area contributed by atoms with Crippen molar-refractivity contribution in [1.29, 1.82) is 0 Å². The van der Waals surface area contributed by atoms with Gasteiger partial charge in [-0.2, -0.15) is 5.10 Å². The highest BCUT2D eigenvalue weighted by atomic mass is 16.2. The van der Waals surface area contributed by atoms with E-state index in [9.17, 15) is 4.79 Å². The first kappa shape index (κ1) is 11.9. The fraction of sp³-hybridized carbons (Fsp3) is 0.467. The molecule has 2 aromatic rings. The number of fused-ring (bicyclic) bond motifs is 2. The number of amides is 1. The Hall–Kier alpha value is -1.88. The van der Waals surface area contributed by atoms with Crippen molar-refractivity contribution in [1.82, 2.24) is 20.4 Å². The van der Waals surface area contributed by atoms with Gasteiger partial charge in [0.15, 0.2) is 5.69 Å². The van der Waals surface area contributed by atoms with Crippen LogP contribution >= 0.6 is 0 Å². The number of nitrogens with one attached hydrogen (secondary N) is 2. The number of likely N-dealkylation sites (tertiary alicyclic amines) is 1. The SMILES string of the molecule is O=C(c1n[nH]c2ccccc12)N1CC2CCCNC2C1. The summed E-state index contributed by atoms with van der Waals surface area (Å²) in [4.78, 5) is 14.6. The van der Waals surface area contributed by atoms with Crippen LogP contribution in [0.4, 0.5) is 0 Å². The standard InChI is InChI=1S/C15H18N4O/c20-15(14-11-5-1-2-6-12(11)17-18-14)19-8-10-4-3-7-16-13(10)9-19/h1-2,5-6,10,13,16H,3-4,7-9H2,(H,17,18). The Labute approximate surface area is 117 Å². The quantitative estimate of drug-likeness (QED) is 0.823. The molecular weight excluding hydrogens is 252 g/mol. The number of para-hydroxylation sites is 1. The predicted octanol–water partition coefficient (Wildman–Crippen LogP) is 1.39. The van der Waals surface area contributed by atoms with Gasteiger partial charge in [-0.15, -0.1) is 0 Å². The third kappa shape index (κ3) is 1.81. The van der Waals surface area contributed by atoms with Gasteiger partial charge in [-0.3, -0.25) is 9.89 Å². The van der Waals surface area contributed by atoms with Gasteiger partial charge in [-0.1, -0.05) is 18.2 Å². The van der Waals surface area contributed by atoms with Gasteiger partial charge in [-0.25, -0.2) is 0 Å². The summed E-state index contributed by atoms with van der Waals surface area (Å²) in [5.41, 5.74) is 1.48. The monoisotopic (exact) mass is 270 g/mol. The molecular formula is C15H18N4O. The molecule has 3 heterocycles. The summed E-state index contributed by atoms with van der Waals surface area (Å²) in [6.45, 7) is 2.75. The lowest BCUT2D eigenvalue weighted by atomic mass is 9.94. The van der Waals surface area contributed by atoms with E-state index in [1.54, 1.807) is 0 Å². The van der Waals surface area contributed by atoms with E-state index in [1.165, 1.54) is 12.8 Å². The summed E-state index contributed by atoms with van der Waals surface area (Å²) >= 11 is 0. The number of carbonyl (C=O) groups excluding carboxylic acids is 1. The van der Waals surface area contributed by atoms with Crippen molar-refractivity contribution in [3.8, 4) is 0 Å². The summed E-state index contributed by atoms with van der Waals surface area (Å²) in [5, 5.41) is 11.6. The predicted molar refractivity (Wildman–Crippen MR) is 76.5 cm³/mol. The number of aromatic nitrogens is 2. The zero-order chi connectivity index (χ0) is 13.5. The van der Waals surface area contributed by atoms with Crippen molar-refractivity contribution in [2.24, 2.45) is 5.92 Å². The third-order valence-electron chi connectivity index (χ3n) is 4.56. The van der Waals surface area contributed by atoms with Crippen molar-refractivity contribution < 1.29 is 4.79 Å². The minimum Gasteiger partial charge on any atom is -0.335 e. The van der Waals surface area contributed by atoms with Gasteiger partial charge >= 0.3 is 0 Å². The number of rotatable bonds is 1. The van der Waals surface area contributed by atoms with Crippen molar-refractivity contribution >= 4 is 16.8 Å². The second-order valence-electron chi connectivity index (χ2n) is 5.79. The van der Waals surface area contributed by atoms with E-state index in [-0.39, 0.29) is 5.91 Å². The van der Waals surface area contributed by atoms with Crippen LogP contribution in [0, 0.1) is 5.92 Å². The van der Waals surface area contributed by atoms with Crippen molar-refractivity contribution in [3.05, 3.63) is 30.0 Å². The molecule has 0 bridgehead atoms. The van der Waals surface area contributed by atoms with Gasteiger partial charge in [0.05, 0.1) is 5.52 Å². The summed E-state index contributed by atoms with van der Waals surface area (Å²) in [7, 11) is 0. The Balaban J connectivity index is 1.61.